The summed E-state index contributed by atoms with van der Waals surface area (Å²) >= 11 is 6.02. The van der Waals surface area contributed by atoms with E-state index in [9.17, 15) is 13.2 Å². The highest BCUT2D eigenvalue weighted by Gasteiger charge is 2.19. The van der Waals surface area contributed by atoms with Crippen LogP contribution in [0.25, 0.3) is 0 Å². The van der Waals surface area contributed by atoms with E-state index < -0.39 is 16.0 Å². The molecular weight excluding hydrogens is 378 g/mol. The number of carbonyl (C=O) groups is 1. The van der Waals surface area contributed by atoms with Crippen molar-refractivity contribution in [2.24, 2.45) is 0 Å². The Labute approximate surface area is 158 Å². The molecule has 0 amide bonds. The van der Waals surface area contributed by atoms with Crippen LogP contribution < -0.4 is 9.46 Å². The summed E-state index contributed by atoms with van der Waals surface area (Å²) < 4.78 is 37.6. The number of carbonyl (C=O) groups excluding carboxylic acids is 1. The SMILES string of the molecule is COC(=O)c1ccc(C)c(S(=O)(=O)NCCOc2ccc(C)c(Cl)c2)c1. The van der Waals surface area contributed by atoms with Crippen LogP contribution in [-0.2, 0) is 14.8 Å². The smallest absolute Gasteiger partial charge is 0.337 e. The number of methoxy groups -OCH3 is 1. The minimum Gasteiger partial charge on any atom is -0.492 e. The average Bonchev–Trinajstić information content (AvgIpc) is 2.61. The van der Waals surface area contributed by atoms with Gasteiger partial charge in [0.1, 0.15) is 12.4 Å². The first-order chi connectivity index (χ1) is 12.2. The molecular formula is C18H20ClNO5S. The highest BCUT2D eigenvalue weighted by Crippen LogP contribution is 2.21. The monoisotopic (exact) mass is 397 g/mol. The number of benzene rings is 2. The fourth-order valence-electron chi connectivity index (χ4n) is 2.22. The van der Waals surface area contributed by atoms with Crippen LogP contribution in [0.3, 0.4) is 0 Å². The van der Waals surface area contributed by atoms with Crippen LogP contribution in [0.5, 0.6) is 5.75 Å². The average molecular weight is 398 g/mol. The minimum atomic E-state index is -3.79. The molecule has 8 heteroatoms. The molecule has 26 heavy (non-hydrogen) atoms. The molecule has 0 aliphatic carbocycles. The van der Waals surface area contributed by atoms with E-state index in [-0.39, 0.29) is 23.6 Å². The molecule has 0 aromatic heterocycles. The van der Waals surface area contributed by atoms with Crippen LogP contribution in [0.4, 0.5) is 0 Å². The van der Waals surface area contributed by atoms with Crippen molar-refractivity contribution in [1.82, 2.24) is 4.72 Å². The standard InChI is InChI=1S/C18H20ClNO5S/c1-12-5-7-15(11-16(12)19)25-9-8-20-26(22,23)17-10-14(18(21)24-3)6-4-13(17)2/h4-7,10-11,20H,8-9H2,1-3H3. The van der Waals surface area contributed by atoms with Gasteiger partial charge in [-0.25, -0.2) is 17.9 Å². The number of ether oxygens (including phenoxy) is 2. The lowest BCUT2D eigenvalue weighted by Crippen LogP contribution is -2.29. The van der Waals surface area contributed by atoms with E-state index in [1.165, 1.54) is 19.2 Å². The number of halogens is 1. The van der Waals surface area contributed by atoms with Crippen molar-refractivity contribution < 1.29 is 22.7 Å². The van der Waals surface area contributed by atoms with Crippen molar-refractivity contribution in [3.8, 4) is 5.75 Å². The topological polar surface area (TPSA) is 81.7 Å². The van der Waals surface area contributed by atoms with Crippen LogP contribution >= 0.6 is 11.6 Å². The molecule has 0 atom stereocenters. The zero-order valence-corrected chi connectivity index (χ0v) is 16.3. The lowest BCUT2D eigenvalue weighted by molar-refractivity contribution is 0.0600. The van der Waals surface area contributed by atoms with Gasteiger partial charge in [0.2, 0.25) is 10.0 Å². The molecule has 0 saturated carbocycles. The van der Waals surface area contributed by atoms with Gasteiger partial charge in [0, 0.05) is 11.6 Å². The van der Waals surface area contributed by atoms with E-state index in [1.54, 1.807) is 25.1 Å². The van der Waals surface area contributed by atoms with Gasteiger partial charge in [-0.3, -0.25) is 0 Å². The zero-order chi connectivity index (χ0) is 19.3. The van der Waals surface area contributed by atoms with Gasteiger partial charge in [-0.15, -0.1) is 0 Å². The van der Waals surface area contributed by atoms with E-state index in [2.05, 4.69) is 9.46 Å². The Morgan fingerprint density at radius 2 is 1.81 bits per heavy atom. The van der Waals surface area contributed by atoms with E-state index in [1.807, 2.05) is 13.0 Å². The maximum atomic E-state index is 12.5. The molecule has 2 aromatic carbocycles. The Hall–Kier alpha value is -2.09. The summed E-state index contributed by atoms with van der Waals surface area (Å²) in [7, 11) is -2.55. The van der Waals surface area contributed by atoms with Crippen molar-refractivity contribution in [1.29, 1.82) is 0 Å². The Kier molecular flexibility index (Phi) is 6.63. The Balaban J connectivity index is 2.02. The molecule has 0 spiro atoms. The molecule has 1 N–H and O–H groups in total. The Bertz CT molecular complexity index is 912. The summed E-state index contributed by atoms with van der Waals surface area (Å²) in [5.41, 5.74) is 1.63. The second-order valence-corrected chi connectivity index (χ2v) is 7.77. The molecule has 6 nitrogen and oxygen atoms in total. The van der Waals surface area contributed by atoms with Crippen molar-refractivity contribution in [2.75, 3.05) is 20.3 Å². The number of sulfonamides is 1. The normalized spacial score (nSPS) is 11.2. The molecule has 0 heterocycles. The molecule has 2 rings (SSSR count). The van der Waals surface area contributed by atoms with Crippen LogP contribution in [0.1, 0.15) is 21.5 Å². The number of esters is 1. The van der Waals surface area contributed by atoms with Gasteiger partial charge < -0.3 is 9.47 Å². The first-order valence-corrected chi connectivity index (χ1v) is 9.68. The number of rotatable bonds is 7. The quantitative estimate of drug-likeness (QED) is 0.573. The lowest BCUT2D eigenvalue weighted by Gasteiger charge is -2.12. The summed E-state index contributed by atoms with van der Waals surface area (Å²) in [6.07, 6.45) is 0. The molecule has 0 aliphatic heterocycles. The Morgan fingerprint density at radius 3 is 2.46 bits per heavy atom. The summed E-state index contributed by atoms with van der Waals surface area (Å²) in [4.78, 5) is 11.6. The van der Waals surface area contributed by atoms with Crippen LogP contribution in [0.2, 0.25) is 5.02 Å². The van der Waals surface area contributed by atoms with Crippen molar-refractivity contribution >= 4 is 27.6 Å². The lowest BCUT2D eigenvalue weighted by atomic mass is 10.1. The second-order valence-electron chi connectivity index (χ2n) is 5.63. The van der Waals surface area contributed by atoms with Gasteiger partial charge in [-0.05, 0) is 49.2 Å². The fourth-order valence-corrected chi connectivity index (χ4v) is 3.67. The maximum absolute atomic E-state index is 12.5. The summed E-state index contributed by atoms with van der Waals surface area (Å²) in [6, 6.07) is 9.64. The zero-order valence-electron chi connectivity index (χ0n) is 14.7. The fraction of sp³-hybridized carbons (Fsp3) is 0.278. The molecule has 0 unspecified atom stereocenters. The summed E-state index contributed by atoms with van der Waals surface area (Å²) in [6.45, 7) is 3.73. The number of nitrogens with one attached hydrogen (secondary N) is 1. The van der Waals surface area contributed by atoms with Gasteiger partial charge in [0.05, 0.1) is 17.6 Å². The largest absolute Gasteiger partial charge is 0.492 e. The first kappa shape index (κ1) is 20.2. The van der Waals surface area contributed by atoms with Crippen molar-refractivity contribution in [3.05, 3.63) is 58.1 Å². The van der Waals surface area contributed by atoms with Crippen molar-refractivity contribution in [3.63, 3.8) is 0 Å². The van der Waals surface area contributed by atoms with Crippen LogP contribution in [-0.4, -0.2) is 34.6 Å². The van der Waals surface area contributed by atoms with Gasteiger partial charge in [0.15, 0.2) is 0 Å². The van der Waals surface area contributed by atoms with Gasteiger partial charge >= 0.3 is 5.97 Å². The van der Waals surface area contributed by atoms with Crippen LogP contribution in [0.15, 0.2) is 41.3 Å². The number of aryl methyl sites for hydroxylation is 2. The first-order valence-electron chi connectivity index (χ1n) is 7.82. The Morgan fingerprint density at radius 1 is 1.12 bits per heavy atom. The minimum absolute atomic E-state index is 0.0266. The van der Waals surface area contributed by atoms with E-state index in [4.69, 9.17) is 16.3 Å². The third-order valence-corrected chi connectivity index (χ3v) is 5.72. The predicted molar refractivity (Wildman–Crippen MR) is 99.4 cm³/mol. The highest BCUT2D eigenvalue weighted by atomic mass is 35.5. The molecule has 0 bridgehead atoms. The second kappa shape index (κ2) is 8.53. The van der Waals surface area contributed by atoms with E-state index >= 15 is 0 Å². The van der Waals surface area contributed by atoms with Gasteiger partial charge in [-0.2, -0.15) is 0 Å². The predicted octanol–water partition coefficient (Wildman–Crippen LogP) is 3.10. The summed E-state index contributed by atoms with van der Waals surface area (Å²) in [5.74, 6) is -0.0373. The number of hydrogen-bond donors (Lipinski definition) is 1. The molecule has 2 aromatic rings. The number of hydrogen-bond acceptors (Lipinski definition) is 5. The molecule has 0 fully saturated rings. The summed E-state index contributed by atoms with van der Waals surface area (Å²) in [5, 5.41) is 0.582. The molecule has 0 radical (unpaired) electrons. The van der Waals surface area contributed by atoms with E-state index in [0.717, 1.165) is 5.56 Å². The molecule has 0 saturated heterocycles. The highest BCUT2D eigenvalue weighted by molar-refractivity contribution is 7.89. The van der Waals surface area contributed by atoms with Gasteiger partial charge in [0.25, 0.3) is 0 Å². The molecule has 140 valence electrons. The third kappa shape index (κ3) is 4.97. The molecule has 0 aliphatic rings. The maximum Gasteiger partial charge on any atom is 0.337 e. The third-order valence-electron chi connectivity index (χ3n) is 3.70. The van der Waals surface area contributed by atoms with E-state index in [0.29, 0.717) is 16.3 Å². The van der Waals surface area contributed by atoms with Gasteiger partial charge in [-0.1, -0.05) is 23.7 Å². The van der Waals surface area contributed by atoms with Crippen LogP contribution in [0, 0.1) is 13.8 Å². The van der Waals surface area contributed by atoms with Crippen molar-refractivity contribution in [2.45, 2.75) is 18.7 Å².